The number of hydrogen-bond acceptors (Lipinski definition) is 5. The van der Waals surface area contributed by atoms with Crippen molar-refractivity contribution in [2.24, 2.45) is 5.41 Å². The molecule has 0 aliphatic carbocycles. The summed E-state index contributed by atoms with van der Waals surface area (Å²) in [4.78, 5) is 31.1. The van der Waals surface area contributed by atoms with Crippen LogP contribution in [0.3, 0.4) is 0 Å². The van der Waals surface area contributed by atoms with Crippen LogP contribution < -0.4 is 9.64 Å². The number of carbonyl (C=O) groups excluding carboxylic acids is 2. The number of fused-ring (bicyclic) bond motifs is 1. The molecule has 2 aromatic rings. The third-order valence-electron chi connectivity index (χ3n) is 8.59. The predicted octanol–water partition coefficient (Wildman–Crippen LogP) is 4.77. The molecule has 1 spiro atoms. The molecule has 3 aliphatic rings. The molecule has 0 radical (unpaired) electrons. The number of hydrogen-bond donors (Lipinski definition) is 0. The first-order chi connectivity index (χ1) is 17.6. The summed E-state index contributed by atoms with van der Waals surface area (Å²) in [6.45, 7) is 4.11. The van der Waals surface area contributed by atoms with E-state index in [1.165, 1.54) is 36.9 Å². The van der Waals surface area contributed by atoms with Crippen LogP contribution in [0.1, 0.15) is 60.9 Å². The molecule has 1 unspecified atom stereocenters. The van der Waals surface area contributed by atoms with Crippen LogP contribution in [0.15, 0.2) is 48.5 Å². The summed E-state index contributed by atoms with van der Waals surface area (Å²) in [5.41, 5.74) is 3.32. The quantitative estimate of drug-likeness (QED) is 0.582. The van der Waals surface area contributed by atoms with Crippen molar-refractivity contribution < 1.29 is 14.3 Å². The monoisotopic (exact) mass is 489 g/mol. The number of aldehydes is 1. The Morgan fingerprint density at radius 1 is 0.944 bits per heavy atom. The number of amides is 1. The van der Waals surface area contributed by atoms with E-state index in [1.54, 1.807) is 0 Å². The number of rotatable bonds is 3. The number of carbonyl (C=O) groups is 2. The van der Waals surface area contributed by atoms with Gasteiger partial charge in [0.1, 0.15) is 12.0 Å². The van der Waals surface area contributed by atoms with Crippen molar-refractivity contribution in [2.75, 3.05) is 44.7 Å². The Kier molecular flexibility index (Phi) is 7.61. The molecule has 0 saturated carbocycles. The lowest BCUT2D eigenvalue weighted by atomic mass is 9.73. The molecule has 3 heterocycles. The number of piperidine rings is 1. The average molecular weight is 490 g/mol. The Balaban J connectivity index is 1.25. The van der Waals surface area contributed by atoms with Crippen molar-refractivity contribution in [3.63, 3.8) is 0 Å². The van der Waals surface area contributed by atoms with E-state index in [-0.39, 0.29) is 17.9 Å². The number of aryl methyl sites for hydroxylation is 1. The number of nitrogens with zero attached hydrogens (tertiary/aromatic N) is 3. The van der Waals surface area contributed by atoms with Gasteiger partial charge in [-0.15, -0.1) is 0 Å². The molecule has 1 atom stereocenters. The zero-order chi connectivity index (χ0) is 25.0. The first-order valence-corrected chi connectivity index (χ1v) is 13.6. The normalized spacial score (nSPS) is 23.5. The van der Waals surface area contributed by atoms with Crippen LogP contribution >= 0.6 is 0 Å². The van der Waals surface area contributed by atoms with Crippen LogP contribution in [-0.4, -0.2) is 68.0 Å². The van der Waals surface area contributed by atoms with E-state index in [1.807, 2.05) is 36.2 Å². The SMILES string of the molecule is CN1CC2(CCCCc3ccccc3OCC1=O)CCN(C1CCCN1c1ccc(C=O)cc1)CC2. The van der Waals surface area contributed by atoms with E-state index in [2.05, 4.69) is 34.1 Å². The Bertz CT molecular complexity index is 1050. The number of para-hydroxylation sites is 1. The van der Waals surface area contributed by atoms with Crippen LogP contribution in [0.25, 0.3) is 0 Å². The molecule has 6 nitrogen and oxygen atoms in total. The van der Waals surface area contributed by atoms with Gasteiger partial charge >= 0.3 is 0 Å². The fraction of sp³-hybridized carbons (Fsp3) is 0.533. The van der Waals surface area contributed by atoms with Gasteiger partial charge in [0.15, 0.2) is 6.61 Å². The summed E-state index contributed by atoms with van der Waals surface area (Å²) in [5, 5.41) is 0. The summed E-state index contributed by atoms with van der Waals surface area (Å²) in [6.07, 6.45) is 10.4. The van der Waals surface area contributed by atoms with Gasteiger partial charge in [0, 0.05) is 44.5 Å². The van der Waals surface area contributed by atoms with Gasteiger partial charge in [0.05, 0.1) is 6.17 Å². The van der Waals surface area contributed by atoms with E-state index in [0.717, 1.165) is 69.5 Å². The van der Waals surface area contributed by atoms with Gasteiger partial charge in [-0.2, -0.15) is 0 Å². The van der Waals surface area contributed by atoms with Gasteiger partial charge < -0.3 is 14.5 Å². The largest absolute Gasteiger partial charge is 0.483 e. The predicted molar refractivity (Wildman–Crippen MR) is 143 cm³/mol. The zero-order valence-electron chi connectivity index (χ0n) is 21.5. The maximum Gasteiger partial charge on any atom is 0.260 e. The maximum absolute atomic E-state index is 12.9. The van der Waals surface area contributed by atoms with Crippen molar-refractivity contribution in [1.82, 2.24) is 9.80 Å². The molecule has 0 N–H and O–H groups in total. The molecule has 6 heteroatoms. The van der Waals surface area contributed by atoms with Crippen LogP contribution in [-0.2, 0) is 11.2 Å². The lowest BCUT2D eigenvalue weighted by molar-refractivity contribution is -0.134. The molecular formula is C30H39N3O3. The van der Waals surface area contributed by atoms with E-state index < -0.39 is 0 Å². The van der Waals surface area contributed by atoms with Crippen LogP contribution in [0.2, 0.25) is 0 Å². The molecule has 36 heavy (non-hydrogen) atoms. The lowest BCUT2D eigenvalue weighted by Crippen LogP contribution is -2.53. The Hall–Kier alpha value is -2.86. The van der Waals surface area contributed by atoms with Crippen molar-refractivity contribution in [3.8, 4) is 5.75 Å². The third kappa shape index (κ3) is 5.44. The Labute approximate surface area is 215 Å². The molecule has 3 aliphatic heterocycles. The second-order valence-corrected chi connectivity index (χ2v) is 10.9. The topological polar surface area (TPSA) is 53.1 Å². The minimum Gasteiger partial charge on any atom is -0.483 e. The number of likely N-dealkylation sites (tertiary alicyclic amines) is 1. The van der Waals surface area contributed by atoms with Gasteiger partial charge in [-0.05, 0) is 86.3 Å². The van der Waals surface area contributed by atoms with E-state index >= 15 is 0 Å². The molecular weight excluding hydrogens is 450 g/mol. The van der Waals surface area contributed by atoms with Crippen molar-refractivity contribution in [2.45, 2.75) is 57.5 Å². The number of benzene rings is 2. The average Bonchev–Trinajstić information content (AvgIpc) is 3.40. The van der Waals surface area contributed by atoms with Gasteiger partial charge in [-0.3, -0.25) is 14.5 Å². The molecule has 2 saturated heterocycles. The molecule has 2 aromatic carbocycles. The molecule has 0 aromatic heterocycles. The first kappa shape index (κ1) is 24.8. The van der Waals surface area contributed by atoms with Gasteiger partial charge in [-0.25, -0.2) is 0 Å². The number of ether oxygens (including phenoxy) is 1. The highest BCUT2D eigenvalue weighted by Crippen LogP contribution is 2.40. The van der Waals surface area contributed by atoms with Crippen molar-refractivity contribution in [3.05, 3.63) is 59.7 Å². The lowest BCUT2D eigenvalue weighted by Gasteiger charge is -2.47. The Morgan fingerprint density at radius 3 is 2.50 bits per heavy atom. The highest BCUT2D eigenvalue weighted by atomic mass is 16.5. The van der Waals surface area contributed by atoms with Gasteiger partial charge in [-0.1, -0.05) is 24.6 Å². The molecule has 2 fully saturated rings. The molecule has 0 bridgehead atoms. The fourth-order valence-electron chi connectivity index (χ4n) is 6.47. The molecule has 192 valence electrons. The van der Waals surface area contributed by atoms with E-state index in [9.17, 15) is 9.59 Å². The van der Waals surface area contributed by atoms with Gasteiger partial charge in [0.25, 0.3) is 5.91 Å². The molecule has 5 rings (SSSR count). The fourth-order valence-corrected chi connectivity index (χ4v) is 6.47. The maximum atomic E-state index is 12.9. The smallest absolute Gasteiger partial charge is 0.260 e. The summed E-state index contributed by atoms with van der Waals surface area (Å²) in [6, 6.07) is 16.2. The Morgan fingerprint density at radius 2 is 1.72 bits per heavy atom. The van der Waals surface area contributed by atoms with Crippen molar-refractivity contribution in [1.29, 1.82) is 0 Å². The van der Waals surface area contributed by atoms with E-state index in [4.69, 9.17) is 4.74 Å². The van der Waals surface area contributed by atoms with Crippen LogP contribution in [0, 0.1) is 5.41 Å². The van der Waals surface area contributed by atoms with E-state index in [0.29, 0.717) is 6.17 Å². The first-order valence-electron chi connectivity index (χ1n) is 13.6. The minimum atomic E-state index is 0.0629. The summed E-state index contributed by atoms with van der Waals surface area (Å²) in [5.74, 6) is 0.915. The highest BCUT2D eigenvalue weighted by molar-refractivity contribution is 5.77. The summed E-state index contributed by atoms with van der Waals surface area (Å²) < 4.78 is 5.95. The summed E-state index contributed by atoms with van der Waals surface area (Å²) >= 11 is 0. The van der Waals surface area contributed by atoms with Crippen LogP contribution in [0.5, 0.6) is 5.75 Å². The van der Waals surface area contributed by atoms with Gasteiger partial charge in [0.2, 0.25) is 0 Å². The van der Waals surface area contributed by atoms with Crippen molar-refractivity contribution >= 4 is 17.9 Å². The standard InChI is InChI=1S/C30H39N3O3/c1-31-23-30(15-5-4-8-25-7-2-3-9-27(25)36-22-29(31)35)16-19-32(20-17-30)28-10-6-18-33(28)26-13-11-24(21-34)12-14-26/h2-3,7,9,11-14,21,28H,4-6,8,10,15-20,22-23H2,1H3. The second-order valence-electron chi connectivity index (χ2n) is 10.9. The number of anilines is 1. The summed E-state index contributed by atoms with van der Waals surface area (Å²) in [7, 11) is 1.94. The zero-order valence-corrected chi connectivity index (χ0v) is 21.5. The third-order valence-corrected chi connectivity index (χ3v) is 8.59. The van der Waals surface area contributed by atoms with Crippen LogP contribution in [0.4, 0.5) is 5.69 Å². The number of likely N-dealkylation sites (N-methyl/N-ethyl adjacent to an activating group) is 1. The minimum absolute atomic E-state index is 0.0629. The second kappa shape index (κ2) is 11.0. The molecule has 1 amide bonds. The highest BCUT2D eigenvalue weighted by Gasteiger charge is 2.40.